The van der Waals surface area contributed by atoms with Crippen LogP contribution >= 0.6 is 0 Å². The fraction of sp³-hybridized carbons (Fsp3) is 0.250. The molecule has 122 valence electrons. The molecule has 0 spiro atoms. The molecule has 0 radical (unpaired) electrons. The molecular weight excluding hydrogens is 327 g/mol. The first-order chi connectivity index (χ1) is 10.8. The predicted molar refractivity (Wildman–Crippen MR) is 78.8 cm³/mol. The second-order valence-corrected chi connectivity index (χ2v) is 7.38. The lowest BCUT2D eigenvalue weighted by Crippen LogP contribution is -2.39. The third kappa shape index (κ3) is 2.86. The number of rotatable bonds is 2. The molecule has 3 nitrogen and oxygen atoms in total. The summed E-state index contributed by atoms with van der Waals surface area (Å²) in [7, 11) is -4.08. The fourth-order valence-electron chi connectivity index (χ4n) is 2.90. The maximum absolute atomic E-state index is 13.5. The molecule has 2 aromatic carbocycles. The van der Waals surface area contributed by atoms with Crippen LogP contribution in [0.2, 0.25) is 0 Å². The summed E-state index contributed by atoms with van der Waals surface area (Å²) in [6.45, 7) is 1.80. The number of nitrogens with zero attached hydrogens (tertiary/aromatic N) is 1. The Hall–Kier alpha value is -1.86. The Morgan fingerprint density at radius 2 is 1.65 bits per heavy atom. The van der Waals surface area contributed by atoms with Gasteiger partial charge in [-0.15, -0.1) is 0 Å². The van der Waals surface area contributed by atoms with E-state index < -0.39 is 38.4 Å². The molecule has 2 aromatic rings. The van der Waals surface area contributed by atoms with Crippen molar-refractivity contribution in [2.75, 3.05) is 6.54 Å². The summed E-state index contributed by atoms with van der Waals surface area (Å²) in [4.78, 5) is -0.443. The highest BCUT2D eigenvalue weighted by Gasteiger charge is 2.34. The lowest BCUT2D eigenvalue weighted by Gasteiger charge is -2.34. The van der Waals surface area contributed by atoms with E-state index in [2.05, 4.69) is 0 Å². The van der Waals surface area contributed by atoms with Crippen LogP contribution in [0.1, 0.15) is 24.1 Å². The zero-order chi connectivity index (χ0) is 16.8. The summed E-state index contributed by atoms with van der Waals surface area (Å²) >= 11 is 0. The van der Waals surface area contributed by atoms with Crippen LogP contribution in [0.5, 0.6) is 0 Å². The van der Waals surface area contributed by atoms with Crippen molar-refractivity contribution in [3.8, 4) is 0 Å². The van der Waals surface area contributed by atoms with Crippen LogP contribution in [0.4, 0.5) is 13.2 Å². The lowest BCUT2D eigenvalue weighted by molar-refractivity contribution is 0.325. The largest absolute Gasteiger partial charge is 0.243 e. The summed E-state index contributed by atoms with van der Waals surface area (Å²) in [5.41, 5.74) is 1.44. The van der Waals surface area contributed by atoms with Gasteiger partial charge in [0.15, 0.2) is 0 Å². The molecule has 0 fully saturated rings. The number of hydrogen-bond donors (Lipinski definition) is 0. The Labute approximate surface area is 132 Å². The van der Waals surface area contributed by atoms with Crippen molar-refractivity contribution in [3.63, 3.8) is 0 Å². The maximum atomic E-state index is 13.5. The van der Waals surface area contributed by atoms with Gasteiger partial charge in [0.25, 0.3) is 0 Å². The van der Waals surface area contributed by atoms with E-state index in [0.29, 0.717) is 18.1 Å². The van der Waals surface area contributed by atoms with E-state index in [-0.39, 0.29) is 6.54 Å². The highest BCUT2D eigenvalue weighted by atomic mass is 32.2. The highest BCUT2D eigenvalue weighted by Crippen LogP contribution is 2.34. The second-order valence-electron chi connectivity index (χ2n) is 5.49. The molecular formula is C16H14F3NO2S. The van der Waals surface area contributed by atoms with Gasteiger partial charge >= 0.3 is 0 Å². The van der Waals surface area contributed by atoms with E-state index in [1.807, 2.05) is 0 Å². The van der Waals surface area contributed by atoms with Crippen molar-refractivity contribution < 1.29 is 21.6 Å². The molecule has 23 heavy (non-hydrogen) atoms. The first kappa shape index (κ1) is 16.0. The quantitative estimate of drug-likeness (QED) is 0.839. The molecule has 3 rings (SSSR count). The van der Waals surface area contributed by atoms with Crippen LogP contribution in [0.25, 0.3) is 0 Å². The summed E-state index contributed by atoms with van der Waals surface area (Å²) < 4.78 is 66.7. The summed E-state index contributed by atoms with van der Waals surface area (Å²) in [5.74, 6) is -2.37. The number of benzene rings is 2. The Morgan fingerprint density at radius 3 is 2.30 bits per heavy atom. The molecule has 0 aromatic heterocycles. The lowest BCUT2D eigenvalue weighted by atomic mass is 9.95. The Balaban J connectivity index is 2.04. The number of sulfonamides is 1. The first-order valence-electron chi connectivity index (χ1n) is 7.05. The Bertz CT molecular complexity index is 847. The summed E-state index contributed by atoms with van der Waals surface area (Å²) in [6, 6.07) is 5.83. The van der Waals surface area contributed by atoms with E-state index in [1.54, 1.807) is 13.0 Å². The van der Waals surface area contributed by atoms with Gasteiger partial charge in [0, 0.05) is 18.7 Å². The van der Waals surface area contributed by atoms with Gasteiger partial charge in [-0.3, -0.25) is 0 Å². The van der Waals surface area contributed by atoms with Crippen LogP contribution in [-0.2, 0) is 16.4 Å². The molecule has 1 heterocycles. The average molecular weight is 341 g/mol. The Kier molecular flexibility index (Phi) is 3.93. The van der Waals surface area contributed by atoms with E-state index in [4.69, 9.17) is 0 Å². The molecule has 0 N–H and O–H groups in total. The molecule has 0 amide bonds. The van der Waals surface area contributed by atoms with Gasteiger partial charge < -0.3 is 0 Å². The molecule has 0 saturated heterocycles. The van der Waals surface area contributed by atoms with Crippen molar-refractivity contribution in [1.82, 2.24) is 4.31 Å². The van der Waals surface area contributed by atoms with E-state index in [0.717, 1.165) is 22.0 Å². The van der Waals surface area contributed by atoms with Gasteiger partial charge in [0.1, 0.15) is 17.5 Å². The van der Waals surface area contributed by atoms with Gasteiger partial charge in [-0.2, -0.15) is 4.31 Å². The van der Waals surface area contributed by atoms with Crippen molar-refractivity contribution in [2.45, 2.75) is 24.3 Å². The minimum Gasteiger partial charge on any atom is -0.207 e. The van der Waals surface area contributed by atoms with Crippen molar-refractivity contribution in [2.24, 2.45) is 0 Å². The van der Waals surface area contributed by atoms with Gasteiger partial charge in [-0.25, -0.2) is 21.6 Å². The van der Waals surface area contributed by atoms with E-state index in [9.17, 15) is 21.6 Å². The molecule has 1 atom stereocenters. The van der Waals surface area contributed by atoms with Crippen LogP contribution in [0.3, 0.4) is 0 Å². The first-order valence-corrected chi connectivity index (χ1v) is 8.49. The molecule has 1 aliphatic rings. The highest BCUT2D eigenvalue weighted by molar-refractivity contribution is 7.89. The summed E-state index contributed by atoms with van der Waals surface area (Å²) in [6.07, 6.45) is 0.414. The zero-order valence-corrected chi connectivity index (χ0v) is 13.1. The van der Waals surface area contributed by atoms with Crippen molar-refractivity contribution in [1.29, 1.82) is 0 Å². The normalized spacial score (nSPS) is 18.7. The fourth-order valence-corrected chi connectivity index (χ4v) is 4.56. The number of hydrogen-bond acceptors (Lipinski definition) is 2. The minimum absolute atomic E-state index is 0.167. The van der Waals surface area contributed by atoms with Gasteiger partial charge in [-0.05, 0) is 48.7 Å². The SMILES string of the molecule is CC1c2cc(F)ccc2CCN1S(=O)(=O)c1cc(F)cc(F)c1. The molecule has 0 bridgehead atoms. The number of halogens is 3. The maximum Gasteiger partial charge on any atom is 0.243 e. The smallest absolute Gasteiger partial charge is 0.207 e. The van der Waals surface area contributed by atoms with Crippen molar-refractivity contribution in [3.05, 3.63) is 65.0 Å². The standard InChI is InChI=1S/C16H14F3NO2S/c1-10-16-9-12(17)3-2-11(16)4-5-20(10)23(21,22)15-7-13(18)6-14(19)8-15/h2-3,6-10H,4-5H2,1H3. The van der Waals surface area contributed by atoms with Crippen LogP contribution < -0.4 is 0 Å². The van der Waals surface area contributed by atoms with Gasteiger partial charge in [-0.1, -0.05) is 6.07 Å². The second kappa shape index (κ2) is 5.65. The van der Waals surface area contributed by atoms with Gasteiger partial charge in [0.05, 0.1) is 4.90 Å². The van der Waals surface area contributed by atoms with Crippen molar-refractivity contribution >= 4 is 10.0 Å². The van der Waals surface area contributed by atoms with E-state index >= 15 is 0 Å². The molecule has 7 heteroatoms. The molecule has 1 aliphatic heterocycles. The monoisotopic (exact) mass is 341 g/mol. The van der Waals surface area contributed by atoms with E-state index in [1.165, 1.54) is 12.1 Å². The minimum atomic E-state index is -4.08. The predicted octanol–water partition coefficient (Wildman–Crippen LogP) is 3.41. The molecule has 0 saturated carbocycles. The molecule has 1 unspecified atom stereocenters. The van der Waals surface area contributed by atoms with Crippen LogP contribution in [0.15, 0.2) is 41.3 Å². The van der Waals surface area contributed by atoms with Crippen LogP contribution in [-0.4, -0.2) is 19.3 Å². The average Bonchev–Trinajstić information content (AvgIpc) is 2.47. The zero-order valence-electron chi connectivity index (χ0n) is 12.3. The third-order valence-electron chi connectivity index (χ3n) is 4.03. The molecule has 0 aliphatic carbocycles. The number of fused-ring (bicyclic) bond motifs is 1. The Morgan fingerprint density at radius 1 is 1.00 bits per heavy atom. The van der Waals surface area contributed by atoms with Crippen LogP contribution in [0, 0.1) is 17.5 Å². The topological polar surface area (TPSA) is 37.4 Å². The summed E-state index contributed by atoms with van der Waals surface area (Å²) in [5, 5.41) is 0. The third-order valence-corrected chi connectivity index (χ3v) is 5.98. The van der Waals surface area contributed by atoms with Gasteiger partial charge in [0.2, 0.25) is 10.0 Å².